The van der Waals surface area contributed by atoms with Crippen molar-refractivity contribution >= 4 is 11.7 Å². The van der Waals surface area contributed by atoms with Crippen molar-refractivity contribution in [1.29, 1.82) is 0 Å². The molecular weight excluding hydrogens is 158 g/mol. The van der Waals surface area contributed by atoms with Crippen molar-refractivity contribution in [1.82, 2.24) is 4.90 Å². The Morgan fingerprint density at radius 1 is 1.75 bits per heavy atom. The Kier molecular flexibility index (Phi) is 2.60. The van der Waals surface area contributed by atoms with Gasteiger partial charge in [0.15, 0.2) is 0 Å². The molecule has 1 heterocycles. The summed E-state index contributed by atoms with van der Waals surface area (Å²) in [4.78, 5) is 22.8. The predicted molar refractivity (Wildman–Crippen MR) is 42.2 cm³/mol. The van der Waals surface area contributed by atoms with E-state index >= 15 is 0 Å². The number of Topliss-reactive ketones (excluding diaryl/α,β-unsaturated/α-hetero) is 1. The monoisotopic (exact) mass is 169 g/mol. The molecule has 0 radical (unpaired) electrons. The second-order valence-electron chi connectivity index (χ2n) is 2.76. The first-order valence-electron chi connectivity index (χ1n) is 3.77. The second-order valence-corrected chi connectivity index (χ2v) is 2.76. The van der Waals surface area contributed by atoms with E-state index in [1.54, 1.807) is 0 Å². The van der Waals surface area contributed by atoms with Crippen molar-refractivity contribution in [3.8, 4) is 0 Å². The molecule has 1 aliphatic rings. The topological polar surface area (TPSA) is 57.6 Å². The van der Waals surface area contributed by atoms with Crippen LogP contribution in [-0.4, -0.2) is 34.5 Å². The summed E-state index contributed by atoms with van der Waals surface area (Å²) in [5, 5.41) is 9.18. The summed E-state index contributed by atoms with van der Waals surface area (Å²) in [5.41, 5.74) is 0. The first-order valence-corrected chi connectivity index (χ1v) is 3.77. The van der Waals surface area contributed by atoms with Gasteiger partial charge in [-0.25, -0.2) is 0 Å². The number of ketones is 1. The average molecular weight is 169 g/mol. The smallest absolute Gasteiger partial charge is 0.248 e. The molecule has 0 saturated heterocycles. The lowest BCUT2D eigenvalue weighted by Crippen LogP contribution is -2.35. The van der Waals surface area contributed by atoms with Crippen LogP contribution in [-0.2, 0) is 9.59 Å². The Morgan fingerprint density at radius 3 is 2.83 bits per heavy atom. The molecule has 4 nitrogen and oxygen atoms in total. The van der Waals surface area contributed by atoms with E-state index in [1.807, 2.05) is 0 Å². The van der Waals surface area contributed by atoms with E-state index in [0.29, 0.717) is 13.0 Å². The summed E-state index contributed by atoms with van der Waals surface area (Å²) >= 11 is 0. The SMILES string of the molecule is CC(=O)CCN1C(=O)C=CC1O. The number of rotatable bonds is 3. The Labute approximate surface area is 70.5 Å². The van der Waals surface area contributed by atoms with Gasteiger partial charge in [-0.05, 0) is 13.0 Å². The van der Waals surface area contributed by atoms with Crippen molar-refractivity contribution in [2.45, 2.75) is 19.6 Å². The third kappa shape index (κ3) is 1.92. The molecule has 4 heteroatoms. The third-order valence-corrected chi connectivity index (χ3v) is 1.72. The van der Waals surface area contributed by atoms with E-state index in [0.717, 1.165) is 0 Å². The molecule has 1 N–H and O–H groups in total. The fourth-order valence-electron chi connectivity index (χ4n) is 1.02. The van der Waals surface area contributed by atoms with Gasteiger partial charge in [-0.15, -0.1) is 0 Å². The number of nitrogens with zero attached hydrogens (tertiary/aromatic N) is 1. The zero-order valence-electron chi connectivity index (χ0n) is 6.86. The maximum absolute atomic E-state index is 11.0. The predicted octanol–water partition coefficient (Wildman–Crippen LogP) is -0.318. The van der Waals surface area contributed by atoms with Crippen LogP contribution in [0.3, 0.4) is 0 Å². The van der Waals surface area contributed by atoms with E-state index in [4.69, 9.17) is 0 Å². The Morgan fingerprint density at radius 2 is 2.42 bits per heavy atom. The Balaban J connectivity index is 2.42. The van der Waals surface area contributed by atoms with Crippen LogP contribution in [0.5, 0.6) is 0 Å². The largest absolute Gasteiger partial charge is 0.370 e. The molecule has 66 valence electrons. The maximum atomic E-state index is 11.0. The normalized spacial score (nSPS) is 22.0. The molecule has 12 heavy (non-hydrogen) atoms. The fraction of sp³-hybridized carbons (Fsp3) is 0.500. The van der Waals surface area contributed by atoms with Gasteiger partial charge in [0.05, 0.1) is 0 Å². The van der Waals surface area contributed by atoms with Crippen molar-refractivity contribution in [3.05, 3.63) is 12.2 Å². The lowest BCUT2D eigenvalue weighted by atomic mass is 10.3. The highest BCUT2D eigenvalue weighted by atomic mass is 16.3. The first kappa shape index (κ1) is 8.93. The highest BCUT2D eigenvalue weighted by molar-refractivity contribution is 5.90. The highest BCUT2D eigenvalue weighted by Gasteiger charge is 2.22. The standard InChI is InChI=1S/C8H11NO3/c1-6(10)4-5-9-7(11)2-3-8(9)12/h2-3,7,11H,4-5H2,1H3. The van der Waals surface area contributed by atoms with Gasteiger partial charge in [0.1, 0.15) is 12.0 Å². The highest BCUT2D eigenvalue weighted by Crippen LogP contribution is 2.08. The van der Waals surface area contributed by atoms with Gasteiger partial charge in [0.2, 0.25) is 5.91 Å². The fourth-order valence-corrected chi connectivity index (χ4v) is 1.02. The van der Waals surface area contributed by atoms with Crippen LogP contribution < -0.4 is 0 Å². The van der Waals surface area contributed by atoms with Crippen LogP contribution in [0.1, 0.15) is 13.3 Å². The second kappa shape index (κ2) is 3.49. The zero-order valence-corrected chi connectivity index (χ0v) is 6.86. The van der Waals surface area contributed by atoms with Gasteiger partial charge in [0, 0.05) is 19.0 Å². The number of amides is 1. The number of carbonyl (C=O) groups is 2. The minimum Gasteiger partial charge on any atom is -0.370 e. The molecule has 0 bridgehead atoms. The molecule has 0 aliphatic carbocycles. The molecule has 1 atom stereocenters. The van der Waals surface area contributed by atoms with Crippen molar-refractivity contribution in [2.24, 2.45) is 0 Å². The van der Waals surface area contributed by atoms with E-state index < -0.39 is 6.23 Å². The molecular formula is C8H11NO3. The van der Waals surface area contributed by atoms with Crippen LogP contribution in [0.4, 0.5) is 0 Å². The molecule has 1 rings (SSSR count). The molecule has 1 amide bonds. The number of aliphatic hydroxyl groups excluding tert-OH is 1. The van der Waals surface area contributed by atoms with Crippen LogP contribution in [0.15, 0.2) is 12.2 Å². The van der Waals surface area contributed by atoms with Gasteiger partial charge < -0.3 is 10.0 Å². The third-order valence-electron chi connectivity index (χ3n) is 1.72. The maximum Gasteiger partial charge on any atom is 0.248 e. The van der Waals surface area contributed by atoms with E-state index in [9.17, 15) is 14.7 Å². The van der Waals surface area contributed by atoms with E-state index in [1.165, 1.54) is 24.0 Å². The lowest BCUT2D eigenvalue weighted by Gasteiger charge is -2.19. The van der Waals surface area contributed by atoms with Crippen LogP contribution in [0.2, 0.25) is 0 Å². The molecule has 0 aromatic heterocycles. The molecule has 0 spiro atoms. The molecule has 1 unspecified atom stereocenters. The van der Waals surface area contributed by atoms with Crippen LogP contribution >= 0.6 is 0 Å². The molecule has 0 saturated carbocycles. The van der Waals surface area contributed by atoms with Crippen LogP contribution in [0, 0.1) is 0 Å². The number of hydrogen-bond donors (Lipinski definition) is 1. The van der Waals surface area contributed by atoms with Gasteiger partial charge in [-0.1, -0.05) is 0 Å². The van der Waals surface area contributed by atoms with Gasteiger partial charge in [-0.3, -0.25) is 9.59 Å². The summed E-state index contributed by atoms with van der Waals surface area (Å²) in [7, 11) is 0. The quantitative estimate of drug-likeness (QED) is 0.630. The molecule has 0 fully saturated rings. The number of carbonyl (C=O) groups excluding carboxylic acids is 2. The molecule has 0 aromatic rings. The average Bonchev–Trinajstić information content (AvgIpc) is 2.28. The van der Waals surface area contributed by atoms with Crippen LogP contribution in [0.25, 0.3) is 0 Å². The first-order chi connectivity index (χ1) is 5.61. The van der Waals surface area contributed by atoms with Gasteiger partial charge in [-0.2, -0.15) is 0 Å². The van der Waals surface area contributed by atoms with Gasteiger partial charge in [0.25, 0.3) is 0 Å². The van der Waals surface area contributed by atoms with Crippen molar-refractivity contribution in [3.63, 3.8) is 0 Å². The minimum absolute atomic E-state index is 0.0156. The zero-order chi connectivity index (χ0) is 9.14. The van der Waals surface area contributed by atoms with Crippen molar-refractivity contribution < 1.29 is 14.7 Å². The molecule has 0 aromatic carbocycles. The minimum atomic E-state index is -0.850. The molecule has 1 aliphatic heterocycles. The summed E-state index contributed by atoms with van der Waals surface area (Å²) < 4.78 is 0. The summed E-state index contributed by atoms with van der Waals surface area (Å²) in [6, 6.07) is 0. The summed E-state index contributed by atoms with van der Waals surface area (Å²) in [6.07, 6.45) is 2.16. The number of aliphatic hydroxyl groups is 1. The van der Waals surface area contributed by atoms with Crippen molar-refractivity contribution in [2.75, 3.05) is 6.54 Å². The number of hydrogen-bond acceptors (Lipinski definition) is 3. The van der Waals surface area contributed by atoms with Gasteiger partial charge >= 0.3 is 0 Å². The Hall–Kier alpha value is -1.16. The van der Waals surface area contributed by atoms with E-state index in [2.05, 4.69) is 0 Å². The Bertz CT molecular complexity index is 234. The van der Waals surface area contributed by atoms with E-state index in [-0.39, 0.29) is 11.7 Å². The summed E-state index contributed by atoms with van der Waals surface area (Å²) in [6.45, 7) is 1.75. The summed E-state index contributed by atoms with van der Waals surface area (Å²) in [5.74, 6) is -0.217. The lowest BCUT2D eigenvalue weighted by molar-refractivity contribution is -0.131.